The van der Waals surface area contributed by atoms with Gasteiger partial charge in [-0.25, -0.2) is 4.57 Å². The highest BCUT2D eigenvalue weighted by atomic mass is 35.5. The van der Waals surface area contributed by atoms with Gasteiger partial charge in [-0.1, -0.05) is 57.9 Å². The Balaban J connectivity index is 0.00000441. The lowest BCUT2D eigenvalue weighted by atomic mass is 10.1. The number of nitrogens with zero attached hydrogens (tertiary/aromatic N) is 1. The molecule has 1 heterocycles. The van der Waals surface area contributed by atoms with Crippen molar-refractivity contribution in [2.45, 2.75) is 70.9 Å². The molecule has 1 N–H and O–H groups in total. The van der Waals surface area contributed by atoms with Crippen LogP contribution in [0.4, 0.5) is 0 Å². The van der Waals surface area contributed by atoms with Crippen LogP contribution in [0.5, 0.6) is 0 Å². The number of halogens is 1. The fourth-order valence-electron chi connectivity index (χ4n) is 2.41. The number of hydrogen-bond acceptors (Lipinski definition) is 2. The van der Waals surface area contributed by atoms with Crippen molar-refractivity contribution in [3.63, 3.8) is 0 Å². The third-order valence-electron chi connectivity index (χ3n) is 3.65. The molecule has 0 saturated heterocycles. The summed E-state index contributed by atoms with van der Waals surface area (Å²) < 4.78 is 7.53. The average Bonchev–Trinajstić information content (AvgIpc) is 2.50. The van der Waals surface area contributed by atoms with Gasteiger partial charge in [-0.15, -0.1) is 0 Å². The Labute approximate surface area is 142 Å². The molecule has 0 spiro atoms. The summed E-state index contributed by atoms with van der Waals surface area (Å²) in [4.78, 5) is 0. The van der Waals surface area contributed by atoms with Crippen LogP contribution in [0.2, 0.25) is 0 Å². The molecule has 22 heavy (non-hydrogen) atoms. The smallest absolute Gasteiger partial charge is 0.176 e. The minimum Gasteiger partial charge on any atom is -1.00 e. The Bertz CT molecular complexity index is 335. The van der Waals surface area contributed by atoms with E-state index in [1.807, 2.05) is 35.2 Å². The quantitative estimate of drug-likeness (QED) is 0.422. The van der Waals surface area contributed by atoms with Gasteiger partial charge in [-0.2, -0.15) is 0 Å². The van der Waals surface area contributed by atoms with E-state index in [4.69, 9.17) is 4.74 Å². The Morgan fingerprint density at radius 3 is 2.14 bits per heavy atom. The molecule has 0 aliphatic rings. The minimum atomic E-state index is -0.425. The van der Waals surface area contributed by atoms with Gasteiger partial charge in [0.2, 0.25) is 0 Å². The monoisotopic (exact) mass is 329 g/mol. The van der Waals surface area contributed by atoms with Crippen molar-refractivity contribution in [2.24, 2.45) is 0 Å². The third-order valence-corrected chi connectivity index (χ3v) is 3.65. The fraction of sp³-hybridized carbons (Fsp3) is 0.722. The molecule has 3 nitrogen and oxygen atoms in total. The summed E-state index contributed by atoms with van der Waals surface area (Å²) in [5, 5.41) is 9.88. The molecule has 0 fully saturated rings. The number of hydrogen-bond donors (Lipinski definition) is 1. The number of ether oxygens (including phenoxy) is 1. The lowest BCUT2D eigenvalue weighted by Gasteiger charge is -2.08. The van der Waals surface area contributed by atoms with E-state index in [9.17, 15) is 5.11 Å². The van der Waals surface area contributed by atoms with Gasteiger partial charge in [0.05, 0.1) is 6.61 Å². The maximum absolute atomic E-state index is 9.88. The highest BCUT2D eigenvalue weighted by Crippen LogP contribution is 2.08. The van der Waals surface area contributed by atoms with Crippen LogP contribution in [0.3, 0.4) is 0 Å². The number of pyridine rings is 1. The first-order valence-electron chi connectivity index (χ1n) is 8.53. The molecule has 1 unspecified atom stereocenters. The first-order valence-corrected chi connectivity index (χ1v) is 8.53. The van der Waals surface area contributed by atoms with Crippen molar-refractivity contribution in [3.8, 4) is 0 Å². The molecular formula is C18H32ClNO2. The highest BCUT2D eigenvalue weighted by Gasteiger charge is 2.09. The average molecular weight is 330 g/mol. The number of aromatic nitrogens is 1. The largest absolute Gasteiger partial charge is 1.00 e. The molecule has 1 rings (SSSR count). The van der Waals surface area contributed by atoms with E-state index in [0.29, 0.717) is 13.2 Å². The van der Waals surface area contributed by atoms with Crippen molar-refractivity contribution in [2.75, 3.05) is 13.2 Å². The second kappa shape index (κ2) is 15.3. The van der Waals surface area contributed by atoms with E-state index in [1.54, 1.807) is 0 Å². The van der Waals surface area contributed by atoms with Gasteiger partial charge in [0.1, 0.15) is 6.10 Å². The van der Waals surface area contributed by atoms with Crippen molar-refractivity contribution < 1.29 is 26.8 Å². The normalized spacial score (nSPS) is 11.9. The fourth-order valence-corrected chi connectivity index (χ4v) is 2.41. The predicted molar refractivity (Wildman–Crippen MR) is 86.1 cm³/mol. The summed E-state index contributed by atoms with van der Waals surface area (Å²) in [7, 11) is 0. The van der Waals surface area contributed by atoms with Crippen LogP contribution in [0.15, 0.2) is 30.6 Å². The highest BCUT2D eigenvalue weighted by molar-refractivity contribution is 4.83. The van der Waals surface area contributed by atoms with Gasteiger partial charge in [0.25, 0.3) is 0 Å². The zero-order valence-corrected chi connectivity index (χ0v) is 14.7. The van der Waals surface area contributed by atoms with Crippen LogP contribution in [0, 0.1) is 0 Å². The van der Waals surface area contributed by atoms with E-state index >= 15 is 0 Å². The molecule has 0 aliphatic heterocycles. The van der Waals surface area contributed by atoms with Gasteiger partial charge in [-0.3, -0.25) is 0 Å². The Kier molecular flexibility index (Phi) is 14.8. The summed E-state index contributed by atoms with van der Waals surface area (Å²) >= 11 is 0. The number of unbranched alkanes of at least 4 members (excludes halogenated alkanes) is 7. The lowest BCUT2D eigenvalue weighted by molar-refractivity contribution is -0.703. The van der Waals surface area contributed by atoms with Crippen molar-refractivity contribution >= 4 is 0 Å². The third kappa shape index (κ3) is 12.0. The minimum absolute atomic E-state index is 0. The molecule has 0 amide bonds. The number of aliphatic hydroxyl groups excluding tert-OH is 1. The van der Waals surface area contributed by atoms with Gasteiger partial charge in [-0.05, 0) is 6.42 Å². The first-order chi connectivity index (χ1) is 10.3. The SMILES string of the molecule is CCCCCCCCCCOCC(O)C[n+]1ccccc1.[Cl-]. The lowest BCUT2D eigenvalue weighted by Crippen LogP contribution is -3.00. The van der Waals surface area contributed by atoms with Crippen LogP contribution in [-0.2, 0) is 11.3 Å². The van der Waals surface area contributed by atoms with E-state index in [0.717, 1.165) is 13.0 Å². The van der Waals surface area contributed by atoms with Crippen LogP contribution in [0.25, 0.3) is 0 Å². The maximum atomic E-state index is 9.88. The summed E-state index contributed by atoms with van der Waals surface area (Å²) in [6.07, 6.45) is 14.0. The molecule has 1 atom stereocenters. The van der Waals surface area contributed by atoms with Gasteiger partial charge < -0.3 is 22.3 Å². The Hall–Kier alpha value is -0.640. The van der Waals surface area contributed by atoms with E-state index in [1.165, 1.54) is 44.9 Å². The van der Waals surface area contributed by atoms with E-state index in [2.05, 4.69) is 6.92 Å². The summed E-state index contributed by atoms with van der Waals surface area (Å²) in [5.41, 5.74) is 0. The summed E-state index contributed by atoms with van der Waals surface area (Å²) in [6, 6.07) is 5.91. The van der Waals surface area contributed by atoms with Crippen LogP contribution < -0.4 is 17.0 Å². The zero-order chi connectivity index (χ0) is 15.2. The topological polar surface area (TPSA) is 33.3 Å². The molecule has 1 aromatic rings. The predicted octanol–water partition coefficient (Wildman–Crippen LogP) is 0.496. The molecular weight excluding hydrogens is 298 g/mol. The molecule has 128 valence electrons. The summed E-state index contributed by atoms with van der Waals surface area (Å²) in [5.74, 6) is 0. The van der Waals surface area contributed by atoms with Crippen LogP contribution in [0.1, 0.15) is 58.3 Å². The molecule has 0 radical (unpaired) electrons. The van der Waals surface area contributed by atoms with Gasteiger partial charge in [0, 0.05) is 18.7 Å². The number of rotatable bonds is 13. The van der Waals surface area contributed by atoms with Crippen molar-refractivity contribution in [1.82, 2.24) is 0 Å². The summed E-state index contributed by atoms with van der Waals surface area (Å²) in [6.45, 7) is 4.05. The van der Waals surface area contributed by atoms with Crippen molar-refractivity contribution in [1.29, 1.82) is 0 Å². The van der Waals surface area contributed by atoms with E-state index < -0.39 is 6.10 Å². The molecule has 0 bridgehead atoms. The van der Waals surface area contributed by atoms with E-state index in [-0.39, 0.29) is 12.4 Å². The zero-order valence-electron chi connectivity index (χ0n) is 13.9. The second-order valence-electron chi connectivity index (χ2n) is 5.78. The molecule has 4 heteroatoms. The molecule has 0 aromatic carbocycles. The number of aliphatic hydroxyl groups is 1. The second-order valence-corrected chi connectivity index (χ2v) is 5.78. The van der Waals surface area contributed by atoms with Crippen LogP contribution >= 0.6 is 0 Å². The molecule has 0 aliphatic carbocycles. The van der Waals surface area contributed by atoms with Crippen molar-refractivity contribution in [3.05, 3.63) is 30.6 Å². The standard InChI is InChI=1S/C18H32NO2.ClH/c1-2-3-4-5-6-7-8-12-15-21-17-18(20)16-19-13-10-9-11-14-19;/h9-11,13-14,18,20H,2-8,12,15-17H2,1H3;1H/q+1;/p-1. The Morgan fingerprint density at radius 1 is 0.909 bits per heavy atom. The molecule has 0 saturated carbocycles. The Morgan fingerprint density at radius 2 is 1.50 bits per heavy atom. The van der Waals surface area contributed by atoms with Gasteiger partial charge in [0.15, 0.2) is 18.9 Å². The van der Waals surface area contributed by atoms with Gasteiger partial charge >= 0.3 is 0 Å². The molecule has 1 aromatic heterocycles. The first kappa shape index (κ1) is 21.4. The van der Waals surface area contributed by atoms with Crippen LogP contribution in [-0.4, -0.2) is 24.4 Å². The maximum Gasteiger partial charge on any atom is 0.176 e.